The molecule has 1 aliphatic carbocycles. The first kappa shape index (κ1) is 22.7. The Hall–Kier alpha value is -3.08. The number of aromatic nitrogens is 5. The van der Waals surface area contributed by atoms with E-state index in [4.69, 9.17) is 16.3 Å². The second kappa shape index (κ2) is 8.94. The third-order valence-electron chi connectivity index (χ3n) is 6.21. The van der Waals surface area contributed by atoms with Crippen LogP contribution >= 0.6 is 11.6 Å². The molecule has 12 heteroatoms. The Morgan fingerprint density at radius 2 is 1.91 bits per heavy atom. The van der Waals surface area contributed by atoms with Crippen LogP contribution in [0.2, 0.25) is 5.02 Å². The van der Waals surface area contributed by atoms with E-state index in [0.717, 1.165) is 42.1 Å². The minimum Gasteiger partial charge on any atom is -0.424 e. The summed E-state index contributed by atoms with van der Waals surface area (Å²) in [6, 6.07) is 8.16. The number of hydrogen-bond acceptors (Lipinski definition) is 7. The predicted molar refractivity (Wildman–Crippen MR) is 120 cm³/mol. The van der Waals surface area contributed by atoms with E-state index >= 15 is 0 Å². The van der Waals surface area contributed by atoms with Crippen LogP contribution in [0.25, 0.3) is 0 Å². The van der Waals surface area contributed by atoms with Gasteiger partial charge in [0.1, 0.15) is 24.4 Å². The molecule has 2 aromatic heterocycles. The number of aryl methyl sites for hydroxylation is 1. The zero-order valence-corrected chi connectivity index (χ0v) is 19.1. The average molecular weight is 494 g/mol. The summed E-state index contributed by atoms with van der Waals surface area (Å²) in [4.78, 5) is 15.0. The molecule has 1 aromatic carbocycles. The molecule has 5 rings (SSSR count). The average Bonchev–Trinajstić information content (AvgIpc) is 3.21. The van der Waals surface area contributed by atoms with Gasteiger partial charge in [-0.3, -0.25) is 0 Å². The van der Waals surface area contributed by atoms with Crippen LogP contribution < -0.4 is 15.0 Å². The minimum absolute atomic E-state index is 0.0555. The van der Waals surface area contributed by atoms with Gasteiger partial charge in [-0.1, -0.05) is 17.7 Å². The van der Waals surface area contributed by atoms with Crippen LogP contribution in [0.1, 0.15) is 18.5 Å². The molecule has 2 aliphatic rings. The van der Waals surface area contributed by atoms with Crippen molar-refractivity contribution in [2.24, 2.45) is 11.8 Å². The summed E-state index contributed by atoms with van der Waals surface area (Å²) >= 11 is 5.97. The minimum atomic E-state index is -4.47. The Morgan fingerprint density at radius 3 is 2.59 bits per heavy atom. The van der Waals surface area contributed by atoms with Crippen molar-refractivity contribution in [3.8, 4) is 11.8 Å². The highest BCUT2D eigenvalue weighted by atomic mass is 35.5. The third kappa shape index (κ3) is 5.03. The topological polar surface area (TPSA) is 81.0 Å². The smallest absolute Gasteiger partial charge is 0.408 e. The Bertz CT molecular complexity index is 1160. The lowest BCUT2D eigenvalue weighted by Gasteiger charge is -2.38. The summed E-state index contributed by atoms with van der Waals surface area (Å²) in [6.45, 7) is 2.20. The standard InChI is InChI=1S/C22H23ClF3N7O/c1-13-7-18(28-12-27-13)32-9-14-5-6-15(10-32)19(14)29-20-30-21(33(31-20)11-22(24,25)26)34-17-4-2-3-16(23)8-17/h2-4,7-8,12,14-15,19H,5-6,9-11H2,1H3,(H,29,31)/t14-,15+,19-. The lowest BCUT2D eigenvalue weighted by atomic mass is 9.92. The van der Waals surface area contributed by atoms with Crippen molar-refractivity contribution in [3.05, 3.63) is 47.4 Å². The van der Waals surface area contributed by atoms with Gasteiger partial charge in [0.25, 0.3) is 0 Å². The number of alkyl halides is 3. The Labute approximate surface area is 199 Å². The summed E-state index contributed by atoms with van der Waals surface area (Å²) in [7, 11) is 0. The van der Waals surface area contributed by atoms with Gasteiger partial charge >= 0.3 is 12.2 Å². The second-order valence-corrected chi connectivity index (χ2v) is 9.18. The molecule has 2 fully saturated rings. The van der Waals surface area contributed by atoms with E-state index in [1.54, 1.807) is 24.5 Å². The van der Waals surface area contributed by atoms with Crippen LogP contribution in [-0.2, 0) is 6.54 Å². The number of nitrogens with one attached hydrogen (secondary N) is 1. The van der Waals surface area contributed by atoms with E-state index in [2.05, 4.69) is 30.3 Å². The molecule has 2 bridgehead atoms. The number of piperidine rings is 1. The van der Waals surface area contributed by atoms with Crippen LogP contribution in [-0.4, -0.2) is 50.0 Å². The number of anilines is 2. The summed E-state index contributed by atoms with van der Waals surface area (Å²) in [5.74, 6) is 1.88. The van der Waals surface area contributed by atoms with E-state index in [-0.39, 0.29) is 23.8 Å². The molecule has 180 valence electrons. The zero-order chi connectivity index (χ0) is 23.9. The monoisotopic (exact) mass is 493 g/mol. The Kier molecular flexibility index (Phi) is 5.97. The molecule has 0 amide bonds. The molecule has 3 aromatic rings. The lowest BCUT2D eigenvalue weighted by molar-refractivity contribution is -0.143. The van der Waals surface area contributed by atoms with Gasteiger partial charge in [0.05, 0.1) is 0 Å². The molecule has 3 heterocycles. The van der Waals surface area contributed by atoms with Gasteiger partial charge in [0.2, 0.25) is 5.95 Å². The van der Waals surface area contributed by atoms with E-state index in [9.17, 15) is 13.2 Å². The summed E-state index contributed by atoms with van der Waals surface area (Å²) in [5, 5.41) is 7.77. The van der Waals surface area contributed by atoms with Gasteiger partial charge in [-0.2, -0.15) is 18.2 Å². The fourth-order valence-electron chi connectivity index (χ4n) is 4.78. The molecule has 1 aliphatic heterocycles. The number of ether oxygens (including phenoxy) is 1. The number of halogens is 4. The van der Waals surface area contributed by atoms with Gasteiger partial charge in [-0.05, 0) is 49.8 Å². The quantitative estimate of drug-likeness (QED) is 0.532. The lowest BCUT2D eigenvalue weighted by Crippen LogP contribution is -2.48. The fourth-order valence-corrected chi connectivity index (χ4v) is 4.96. The molecular formula is C22H23ClF3N7O. The van der Waals surface area contributed by atoms with E-state index < -0.39 is 12.7 Å². The van der Waals surface area contributed by atoms with Crippen molar-refractivity contribution < 1.29 is 17.9 Å². The number of fused-ring (bicyclic) bond motifs is 2. The van der Waals surface area contributed by atoms with Gasteiger partial charge in [0, 0.05) is 35.9 Å². The van der Waals surface area contributed by atoms with Crippen molar-refractivity contribution in [2.75, 3.05) is 23.3 Å². The van der Waals surface area contributed by atoms with Crippen molar-refractivity contribution in [1.82, 2.24) is 24.7 Å². The van der Waals surface area contributed by atoms with Gasteiger partial charge < -0.3 is 15.0 Å². The Morgan fingerprint density at radius 1 is 1.15 bits per heavy atom. The maximum absolute atomic E-state index is 13.2. The second-order valence-electron chi connectivity index (χ2n) is 8.74. The van der Waals surface area contributed by atoms with Crippen molar-refractivity contribution in [2.45, 2.75) is 38.5 Å². The van der Waals surface area contributed by atoms with Crippen LogP contribution in [0.3, 0.4) is 0 Å². The summed E-state index contributed by atoms with van der Waals surface area (Å²) < 4.78 is 45.8. The molecule has 8 nitrogen and oxygen atoms in total. The molecule has 0 radical (unpaired) electrons. The predicted octanol–water partition coefficient (Wildman–Crippen LogP) is 4.71. The van der Waals surface area contributed by atoms with Gasteiger partial charge in [-0.25, -0.2) is 14.6 Å². The summed E-state index contributed by atoms with van der Waals surface area (Å²) in [5.41, 5.74) is 0.907. The van der Waals surface area contributed by atoms with Crippen molar-refractivity contribution in [1.29, 1.82) is 0 Å². The maximum Gasteiger partial charge on any atom is 0.408 e. The van der Waals surface area contributed by atoms with Gasteiger partial charge in [0.15, 0.2) is 0 Å². The highest BCUT2D eigenvalue weighted by Gasteiger charge is 2.43. The van der Waals surface area contributed by atoms with Gasteiger partial charge in [-0.15, -0.1) is 5.10 Å². The molecule has 1 N–H and O–H groups in total. The Balaban J connectivity index is 1.34. The molecule has 0 unspecified atom stereocenters. The van der Waals surface area contributed by atoms with E-state index in [1.807, 2.05) is 13.0 Å². The first-order chi connectivity index (χ1) is 16.2. The number of rotatable bonds is 6. The normalized spacial score (nSPS) is 22.1. The first-order valence-corrected chi connectivity index (χ1v) is 11.4. The van der Waals surface area contributed by atoms with Crippen LogP contribution in [0.5, 0.6) is 11.8 Å². The SMILES string of the molecule is Cc1cc(N2C[C@H]3CC[C@@H](C2)[C@@H]3Nc2nc(Oc3cccc(Cl)c3)n(CC(F)(F)F)n2)ncn1. The molecule has 34 heavy (non-hydrogen) atoms. The number of benzene rings is 1. The molecule has 0 spiro atoms. The first-order valence-electron chi connectivity index (χ1n) is 11.0. The molecule has 1 saturated heterocycles. The molecular weight excluding hydrogens is 471 g/mol. The number of nitrogens with zero attached hydrogens (tertiary/aromatic N) is 6. The van der Waals surface area contributed by atoms with Crippen molar-refractivity contribution in [3.63, 3.8) is 0 Å². The van der Waals surface area contributed by atoms with Crippen LogP contribution in [0, 0.1) is 18.8 Å². The largest absolute Gasteiger partial charge is 0.424 e. The highest BCUT2D eigenvalue weighted by molar-refractivity contribution is 6.30. The van der Waals surface area contributed by atoms with E-state index in [1.165, 1.54) is 6.07 Å². The summed E-state index contributed by atoms with van der Waals surface area (Å²) in [6.07, 6.45) is -0.886. The molecule has 1 saturated carbocycles. The van der Waals surface area contributed by atoms with Crippen molar-refractivity contribution >= 4 is 23.4 Å². The van der Waals surface area contributed by atoms with Crippen LogP contribution in [0.4, 0.5) is 24.9 Å². The van der Waals surface area contributed by atoms with Crippen LogP contribution in [0.15, 0.2) is 36.7 Å². The van der Waals surface area contributed by atoms with E-state index in [0.29, 0.717) is 16.9 Å². The fraction of sp³-hybridized carbons (Fsp3) is 0.455. The molecule has 3 atom stereocenters. The highest BCUT2D eigenvalue weighted by Crippen LogP contribution is 2.40. The third-order valence-corrected chi connectivity index (χ3v) is 6.45. The maximum atomic E-state index is 13.2. The zero-order valence-electron chi connectivity index (χ0n) is 18.3. The number of hydrogen-bond donors (Lipinski definition) is 1.